The van der Waals surface area contributed by atoms with Gasteiger partial charge < -0.3 is 9.84 Å². The summed E-state index contributed by atoms with van der Waals surface area (Å²) in [6.07, 6.45) is 1.89. The third kappa shape index (κ3) is 2.85. The number of esters is 1. The average molecular weight is 269 g/mol. The Balaban J connectivity index is 2.20. The second-order valence-corrected chi connectivity index (χ2v) is 5.12. The van der Waals surface area contributed by atoms with Gasteiger partial charge in [0.2, 0.25) is 0 Å². The predicted octanol–water partition coefficient (Wildman–Crippen LogP) is 2.89. The van der Waals surface area contributed by atoms with Crippen LogP contribution in [0, 0.1) is 5.92 Å². The van der Waals surface area contributed by atoms with Crippen LogP contribution in [0.5, 0.6) is 0 Å². The number of ether oxygens (including phenoxy) is 1. The maximum atomic E-state index is 11.6. The molecule has 3 nitrogen and oxygen atoms in total. The zero-order chi connectivity index (χ0) is 13.2. The molecule has 0 amide bonds. The summed E-state index contributed by atoms with van der Waals surface area (Å²) in [5.41, 5.74) is -0.376. The van der Waals surface area contributed by atoms with Crippen LogP contribution < -0.4 is 0 Å². The number of hydrogen-bond acceptors (Lipinski definition) is 3. The van der Waals surface area contributed by atoms with Crippen LogP contribution in [0.15, 0.2) is 24.3 Å². The lowest BCUT2D eigenvalue weighted by Crippen LogP contribution is -2.32. The van der Waals surface area contributed by atoms with E-state index in [-0.39, 0.29) is 18.3 Å². The molecule has 0 bridgehead atoms. The Labute approximate surface area is 112 Å². The molecule has 18 heavy (non-hydrogen) atoms. The lowest BCUT2D eigenvalue weighted by atomic mass is 9.86. The maximum Gasteiger partial charge on any atom is 0.309 e. The molecular weight excluding hydrogens is 252 g/mol. The Bertz CT molecular complexity index is 425. The van der Waals surface area contributed by atoms with Crippen LogP contribution in [-0.4, -0.2) is 17.7 Å². The predicted molar refractivity (Wildman–Crippen MR) is 69.3 cm³/mol. The van der Waals surface area contributed by atoms with Crippen LogP contribution in [0.3, 0.4) is 0 Å². The van der Waals surface area contributed by atoms with Crippen molar-refractivity contribution >= 4 is 17.6 Å². The topological polar surface area (TPSA) is 46.5 Å². The van der Waals surface area contributed by atoms with Crippen molar-refractivity contribution in [1.82, 2.24) is 0 Å². The fraction of sp³-hybridized carbons (Fsp3) is 0.500. The lowest BCUT2D eigenvalue weighted by Gasteiger charge is -2.27. The van der Waals surface area contributed by atoms with Gasteiger partial charge in [0, 0.05) is 5.02 Å². The van der Waals surface area contributed by atoms with Gasteiger partial charge in [0.15, 0.2) is 0 Å². The number of rotatable bonds is 5. The van der Waals surface area contributed by atoms with Gasteiger partial charge in [-0.3, -0.25) is 4.79 Å². The summed E-state index contributed by atoms with van der Waals surface area (Å²) >= 11 is 5.84. The first-order chi connectivity index (χ1) is 8.56. The molecule has 1 aromatic rings. The van der Waals surface area contributed by atoms with Crippen molar-refractivity contribution < 1.29 is 14.6 Å². The van der Waals surface area contributed by atoms with E-state index in [1.54, 1.807) is 31.2 Å². The quantitative estimate of drug-likeness (QED) is 0.836. The van der Waals surface area contributed by atoms with Crippen LogP contribution in [0.2, 0.25) is 5.02 Å². The minimum Gasteiger partial charge on any atom is -0.466 e. The number of benzene rings is 1. The molecule has 1 aliphatic carbocycles. The van der Waals surface area contributed by atoms with Crippen molar-refractivity contribution in [2.75, 3.05) is 6.61 Å². The van der Waals surface area contributed by atoms with Crippen LogP contribution in [0.25, 0.3) is 0 Å². The van der Waals surface area contributed by atoms with Crippen molar-refractivity contribution in [2.24, 2.45) is 5.92 Å². The Hall–Kier alpha value is -1.06. The fourth-order valence-electron chi connectivity index (χ4n) is 2.21. The first-order valence-corrected chi connectivity index (χ1v) is 6.58. The van der Waals surface area contributed by atoms with E-state index in [9.17, 15) is 9.90 Å². The molecule has 1 N–H and O–H groups in total. The molecule has 1 atom stereocenters. The van der Waals surface area contributed by atoms with E-state index >= 15 is 0 Å². The molecule has 1 aliphatic rings. The van der Waals surface area contributed by atoms with Gasteiger partial charge >= 0.3 is 5.97 Å². The van der Waals surface area contributed by atoms with Gasteiger partial charge in [0.25, 0.3) is 0 Å². The normalized spacial score (nSPS) is 18.2. The number of carbonyl (C=O) groups is 1. The van der Waals surface area contributed by atoms with Crippen molar-refractivity contribution in [3.8, 4) is 0 Å². The molecule has 1 aromatic carbocycles. The highest BCUT2D eigenvalue weighted by molar-refractivity contribution is 6.30. The van der Waals surface area contributed by atoms with Crippen LogP contribution in [0.4, 0.5) is 0 Å². The largest absolute Gasteiger partial charge is 0.466 e. The van der Waals surface area contributed by atoms with E-state index in [1.807, 2.05) is 0 Å². The van der Waals surface area contributed by atoms with E-state index in [1.165, 1.54) is 0 Å². The molecule has 0 saturated heterocycles. The summed E-state index contributed by atoms with van der Waals surface area (Å²) in [6.45, 7) is 2.09. The van der Waals surface area contributed by atoms with Crippen molar-refractivity contribution in [1.29, 1.82) is 0 Å². The minimum atomic E-state index is -1.11. The molecule has 0 spiro atoms. The molecule has 2 rings (SSSR count). The summed E-state index contributed by atoms with van der Waals surface area (Å²) in [7, 11) is 0. The van der Waals surface area contributed by atoms with Gasteiger partial charge in [-0.05, 0) is 43.4 Å². The third-order valence-electron chi connectivity index (χ3n) is 3.32. The highest BCUT2D eigenvalue weighted by Gasteiger charge is 2.46. The second kappa shape index (κ2) is 5.29. The Morgan fingerprint density at radius 3 is 2.56 bits per heavy atom. The highest BCUT2D eigenvalue weighted by Crippen LogP contribution is 2.48. The van der Waals surface area contributed by atoms with E-state index in [2.05, 4.69) is 0 Å². The fourth-order valence-corrected chi connectivity index (χ4v) is 2.34. The summed E-state index contributed by atoms with van der Waals surface area (Å²) in [5, 5.41) is 11.4. The van der Waals surface area contributed by atoms with E-state index in [0.717, 1.165) is 18.4 Å². The van der Waals surface area contributed by atoms with Crippen LogP contribution in [0.1, 0.15) is 31.7 Å². The van der Waals surface area contributed by atoms with Crippen molar-refractivity contribution in [3.63, 3.8) is 0 Å². The first-order valence-electron chi connectivity index (χ1n) is 6.20. The van der Waals surface area contributed by atoms with E-state index in [0.29, 0.717) is 11.6 Å². The molecule has 0 aromatic heterocycles. The number of carbonyl (C=O) groups excluding carboxylic acids is 1. The zero-order valence-electron chi connectivity index (χ0n) is 10.4. The first kappa shape index (κ1) is 13.4. The number of aliphatic hydroxyl groups is 1. The standard InChI is InChI=1S/C14H17ClO3/c1-2-18-13(16)9-14(17,10-3-4-10)11-5-7-12(15)8-6-11/h5-8,10,17H,2-4,9H2,1H3/t14-/m0/s1. The summed E-state index contributed by atoms with van der Waals surface area (Å²) < 4.78 is 4.94. The summed E-state index contributed by atoms with van der Waals surface area (Å²) in [4.78, 5) is 11.6. The monoisotopic (exact) mass is 268 g/mol. The molecule has 4 heteroatoms. The SMILES string of the molecule is CCOC(=O)C[C@@](O)(c1ccc(Cl)cc1)C1CC1. The molecule has 0 aliphatic heterocycles. The van der Waals surface area contributed by atoms with Gasteiger partial charge in [0.1, 0.15) is 5.60 Å². The zero-order valence-corrected chi connectivity index (χ0v) is 11.1. The van der Waals surface area contributed by atoms with Gasteiger partial charge in [-0.1, -0.05) is 23.7 Å². The van der Waals surface area contributed by atoms with Crippen LogP contribution in [-0.2, 0) is 15.1 Å². The smallest absolute Gasteiger partial charge is 0.309 e. The summed E-state index contributed by atoms with van der Waals surface area (Å²) in [6, 6.07) is 7.02. The maximum absolute atomic E-state index is 11.6. The molecule has 0 heterocycles. The lowest BCUT2D eigenvalue weighted by molar-refractivity contribution is -0.150. The Kier molecular flexibility index (Phi) is 3.93. The molecule has 98 valence electrons. The van der Waals surface area contributed by atoms with Crippen molar-refractivity contribution in [2.45, 2.75) is 31.8 Å². The molecule has 1 fully saturated rings. The highest BCUT2D eigenvalue weighted by atomic mass is 35.5. The molecule has 0 unspecified atom stereocenters. The Morgan fingerprint density at radius 2 is 2.06 bits per heavy atom. The van der Waals surface area contributed by atoms with Crippen molar-refractivity contribution in [3.05, 3.63) is 34.9 Å². The van der Waals surface area contributed by atoms with Gasteiger partial charge in [-0.15, -0.1) is 0 Å². The van der Waals surface area contributed by atoms with E-state index < -0.39 is 5.60 Å². The second-order valence-electron chi connectivity index (χ2n) is 4.69. The third-order valence-corrected chi connectivity index (χ3v) is 3.57. The van der Waals surface area contributed by atoms with Gasteiger partial charge in [0.05, 0.1) is 13.0 Å². The molecular formula is C14H17ClO3. The van der Waals surface area contributed by atoms with E-state index in [4.69, 9.17) is 16.3 Å². The summed E-state index contributed by atoms with van der Waals surface area (Å²) in [5.74, 6) is -0.218. The minimum absolute atomic E-state index is 0.00708. The van der Waals surface area contributed by atoms with Gasteiger partial charge in [-0.25, -0.2) is 0 Å². The number of halogens is 1. The average Bonchev–Trinajstić information content (AvgIpc) is 3.13. The molecule has 1 saturated carbocycles. The number of hydrogen-bond donors (Lipinski definition) is 1. The van der Waals surface area contributed by atoms with Crippen LogP contribution >= 0.6 is 11.6 Å². The molecule has 0 radical (unpaired) electrons. The Morgan fingerprint density at radius 1 is 1.44 bits per heavy atom. The van der Waals surface area contributed by atoms with Gasteiger partial charge in [-0.2, -0.15) is 0 Å².